The van der Waals surface area contributed by atoms with Crippen LogP contribution < -0.4 is 5.32 Å². The summed E-state index contributed by atoms with van der Waals surface area (Å²) in [4.78, 5) is 39.9. The number of halogens is 1. The molecule has 3 amide bonds. The lowest BCUT2D eigenvalue weighted by molar-refractivity contribution is -0.144. The van der Waals surface area contributed by atoms with Crippen molar-refractivity contribution in [2.45, 2.75) is 6.92 Å². The Kier molecular flexibility index (Phi) is 5.41. The van der Waals surface area contributed by atoms with Crippen molar-refractivity contribution in [3.63, 3.8) is 0 Å². The van der Waals surface area contributed by atoms with Gasteiger partial charge in [0.25, 0.3) is 5.91 Å². The highest BCUT2D eigenvalue weighted by molar-refractivity contribution is 9.10. The highest BCUT2D eigenvalue weighted by atomic mass is 79.9. The summed E-state index contributed by atoms with van der Waals surface area (Å²) in [6, 6.07) is 8.66. The molecule has 0 unspecified atom stereocenters. The average molecular weight is 420 g/mol. The molecular weight excluding hydrogens is 402 g/mol. The molecule has 7 nitrogen and oxygen atoms in total. The van der Waals surface area contributed by atoms with E-state index in [1.54, 1.807) is 29.2 Å². The zero-order chi connectivity index (χ0) is 18.7. The Morgan fingerprint density at radius 3 is 2.38 bits per heavy atom. The molecule has 1 aromatic carbocycles. The number of nitrogens with zero attached hydrogens (tertiary/aromatic N) is 2. The molecule has 2 heterocycles. The molecule has 0 spiro atoms. The van der Waals surface area contributed by atoms with Crippen molar-refractivity contribution in [2.24, 2.45) is 0 Å². The summed E-state index contributed by atoms with van der Waals surface area (Å²) >= 11 is 3.36. The predicted molar refractivity (Wildman–Crippen MR) is 98.7 cm³/mol. The number of nitrogens with one attached hydrogen (secondary N) is 1. The minimum absolute atomic E-state index is 0.211. The number of anilines is 1. The topological polar surface area (TPSA) is 82.9 Å². The Hall–Kier alpha value is -2.61. The maximum absolute atomic E-state index is 12.4. The molecule has 136 valence electrons. The number of carbonyl (C=O) groups is 3. The Balaban J connectivity index is 1.56. The second-order valence-corrected chi connectivity index (χ2v) is 6.89. The lowest BCUT2D eigenvalue weighted by atomic mass is 10.2. The van der Waals surface area contributed by atoms with Crippen LogP contribution in [0.4, 0.5) is 5.69 Å². The fraction of sp³-hybridized carbons (Fsp3) is 0.278. The number of piperazine rings is 1. The van der Waals surface area contributed by atoms with Crippen LogP contribution in [0.25, 0.3) is 0 Å². The van der Waals surface area contributed by atoms with E-state index < -0.39 is 11.8 Å². The van der Waals surface area contributed by atoms with Gasteiger partial charge in [0, 0.05) is 36.3 Å². The van der Waals surface area contributed by atoms with Gasteiger partial charge in [-0.15, -0.1) is 0 Å². The van der Waals surface area contributed by atoms with E-state index in [-0.39, 0.29) is 11.7 Å². The molecule has 0 bridgehead atoms. The van der Waals surface area contributed by atoms with Gasteiger partial charge >= 0.3 is 11.8 Å². The van der Waals surface area contributed by atoms with E-state index in [0.29, 0.717) is 31.9 Å². The molecule has 2 aromatic rings. The van der Waals surface area contributed by atoms with Crippen molar-refractivity contribution < 1.29 is 18.8 Å². The first-order valence-electron chi connectivity index (χ1n) is 8.15. The van der Waals surface area contributed by atoms with Crippen LogP contribution in [0.2, 0.25) is 0 Å². The van der Waals surface area contributed by atoms with Gasteiger partial charge in [0.15, 0.2) is 5.76 Å². The third kappa shape index (κ3) is 3.96. The average Bonchev–Trinajstić information content (AvgIpc) is 3.17. The van der Waals surface area contributed by atoms with Crippen LogP contribution in [-0.4, -0.2) is 53.7 Å². The summed E-state index contributed by atoms with van der Waals surface area (Å²) in [6.07, 6.45) is 1.45. The largest absolute Gasteiger partial charge is 0.459 e. The first kappa shape index (κ1) is 18.2. The maximum Gasteiger partial charge on any atom is 0.313 e. The van der Waals surface area contributed by atoms with Crippen LogP contribution in [0, 0.1) is 6.92 Å². The third-order valence-corrected chi connectivity index (χ3v) is 4.71. The fourth-order valence-electron chi connectivity index (χ4n) is 2.76. The first-order chi connectivity index (χ1) is 12.5. The molecule has 0 aliphatic carbocycles. The fourth-order valence-corrected chi connectivity index (χ4v) is 3.23. The van der Waals surface area contributed by atoms with Crippen LogP contribution in [0.5, 0.6) is 0 Å². The van der Waals surface area contributed by atoms with E-state index >= 15 is 0 Å². The highest BCUT2D eigenvalue weighted by Gasteiger charge is 2.29. The molecule has 1 N–H and O–H groups in total. The summed E-state index contributed by atoms with van der Waals surface area (Å²) in [7, 11) is 0. The van der Waals surface area contributed by atoms with E-state index in [1.165, 1.54) is 11.2 Å². The van der Waals surface area contributed by atoms with E-state index in [9.17, 15) is 14.4 Å². The molecule has 26 heavy (non-hydrogen) atoms. The van der Waals surface area contributed by atoms with Gasteiger partial charge in [0.05, 0.1) is 6.26 Å². The van der Waals surface area contributed by atoms with Crippen molar-refractivity contribution in [3.05, 3.63) is 52.4 Å². The van der Waals surface area contributed by atoms with E-state index in [2.05, 4.69) is 21.2 Å². The van der Waals surface area contributed by atoms with Crippen LogP contribution in [0.3, 0.4) is 0 Å². The zero-order valence-electron chi connectivity index (χ0n) is 14.2. The summed E-state index contributed by atoms with van der Waals surface area (Å²) in [6.45, 7) is 3.17. The van der Waals surface area contributed by atoms with Crippen molar-refractivity contribution in [2.75, 3.05) is 31.5 Å². The van der Waals surface area contributed by atoms with Gasteiger partial charge in [-0.1, -0.05) is 15.9 Å². The monoisotopic (exact) mass is 419 g/mol. The van der Waals surface area contributed by atoms with E-state index in [0.717, 1.165) is 10.0 Å². The number of hydrogen-bond acceptors (Lipinski definition) is 4. The Morgan fingerprint density at radius 1 is 1.08 bits per heavy atom. The van der Waals surface area contributed by atoms with Gasteiger partial charge in [-0.05, 0) is 42.8 Å². The van der Waals surface area contributed by atoms with Crippen molar-refractivity contribution >= 4 is 39.3 Å². The maximum atomic E-state index is 12.4. The first-order valence-corrected chi connectivity index (χ1v) is 8.94. The summed E-state index contributed by atoms with van der Waals surface area (Å²) < 4.78 is 6.01. The smallest absolute Gasteiger partial charge is 0.313 e. The minimum Gasteiger partial charge on any atom is -0.459 e. The van der Waals surface area contributed by atoms with Crippen LogP contribution in [0.15, 0.2) is 45.5 Å². The number of hydrogen-bond donors (Lipinski definition) is 1. The molecule has 3 rings (SSSR count). The normalized spacial score (nSPS) is 14.2. The Labute approximate surface area is 159 Å². The number of benzene rings is 1. The Bertz CT molecular complexity index is 827. The van der Waals surface area contributed by atoms with Crippen molar-refractivity contribution in [1.29, 1.82) is 0 Å². The molecule has 1 aromatic heterocycles. The van der Waals surface area contributed by atoms with Gasteiger partial charge in [0.2, 0.25) is 0 Å². The lowest BCUT2D eigenvalue weighted by Crippen LogP contribution is -2.53. The molecule has 1 aliphatic rings. The summed E-state index contributed by atoms with van der Waals surface area (Å²) in [5.74, 6) is -1.22. The quantitative estimate of drug-likeness (QED) is 0.756. The van der Waals surface area contributed by atoms with Gasteiger partial charge in [-0.25, -0.2) is 0 Å². The van der Waals surface area contributed by atoms with E-state index in [4.69, 9.17) is 4.42 Å². The SMILES string of the molecule is Cc1cc(Br)ccc1NC(=O)C(=O)N1CCN(C(=O)c2ccco2)CC1. The van der Waals surface area contributed by atoms with Gasteiger partial charge in [-0.3, -0.25) is 14.4 Å². The van der Waals surface area contributed by atoms with Gasteiger partial charge in [0.1, 0.15) is 0 Å². The molecular formula is C18H18BrN3O4. The molecule has 0 radical (unpaired) electrons. The van der Waals surface area contributed by atoms with Crippen molar-refractivity contribution in [1.82, 2.24) is 9.80 Å². The number of furan rings is 1. The van der Waals surface area contributed by atoms with Crippen LogP contribution >= 0.6 is 15.9 Å². The summed E-state index contributed by atoms with van der Waals surface area (Å²) in [5, 5.41) is 2.64. The Morgan fingerprint density at radius 2 is 1.77 bits per heavy atom. The predicted octanol–water partition coefficient (Wildman–Crippen LogP) is 2.27. The number of amides is 3. The zero-order valence-corrected chi connectivity index (χ0v) is 15.8. The van der Waals surface area contributed by atoms with E-state index in [1.807, 2.05) is 13.0 Å². The molecule has 8 heteroatoms. The molecule has 1 saturated heterocycles. The highest BCUT2D eigenvalue weighted by Crippen LogP contribution is 2.20. The number of rotatable bonds is 2. The molecule has 1 aliphatic heterocycles. The molecule has 0 saturated carbocycles. The number of aryl methyl sites for hydroxylation is 1. The second-order valence-electron chi connectivity index (χ2n) is 5.98. The number of carbonyl (C=O) groups excluding carboxylic acids is 3. The second kappa shape index (κ2) is 7.74. The van der Waals surface area contributed by atoms with Gasteiger partial charge in [-0.2, -0.15) is 0 Å². The standard InChI is InChI=1S/C18H18BrN3O4/c1-12-11-13(19)4-5-14(12)20-16(23)18(25)22-8-6-21(7-9-22)17(24)15-3-2-10-26-15/h2-5,10-11H,6-9H2,1H3,(H,20,23). The van der Waals surface area contributed by atoms with Crippen LogP contribution in [-0.2, 0) is 9.59 Å². The van der Waals surface area contributed by atoms with Crippen molar-refractivity contribution in [3.8, 4) is 0 Å². The minimum atomic E-state index is -0.679. The molecule has 1 fully saturated rings. The summed E-state index contributed by atoms with van der Waals surface area (Å²) in [5.41, 5.74) is 1.45. The molecule has 0 atom stereocenters. The van der Waals surface area contributed by atoms with Gasteiger partial charge < -0.3 is 19.5 Å². The van der Waals surface area contributed by atoms with Crippen LogP contribution in [0.1, 0.15) is 16.1 Å². The third-order valence-electron chi connectivity index (χ3n) is 4.22. The lowest BCUT2D eigenvalue weighted by Gasteiger charge is -2.33.